The fourth-order valence-electron chi connectivity index (χ4n) is 26.0. The van der Waals surface area contributed by atoms with Gasteiger partial charge >= 0.3 is 58.3 Å². The lowest BCUT2D eigenvalue weighted by molar-refractivity contribution is -0.894. The van der Waals surface area contributed by atoms with Gasteiger partial charge in [-0.25, -0.2) is 45.6 Å². The van der Waals surface area contributed by atoms with E-state index in [4.69, 9.17) is 37.9 Å². The van der Waals surface area contributed by atoms with Gasteiger partial charge in [0, 0.05) is 24.3 Å². The molecule has 0 spiro atoms. The van der Waals surface area contributed by atoms with Gasteiger partial charge in [-0.15, -0.1) is 0 Å². The summed E-state index contributed by atoms with van der Waals surface area (Å²) >= 11 is 0. The van der Waals surface area contributed by atoms with Gasteiger partial charge in [0.25, 0.3) is 0 Å². The molecule has 22 rings (SSSR count). The molecule has 756 valence electrons. The Kier molecular flexibility index (Phi) is 34.1. The van der Waals surface area contributed by atoms with E-state index >= 15 is 0 Å². The van der Waals surface area contributed by atoms with Crippen molar-refractivity contribution in [2.45, 2.75) is 255 Å². The zero-order chi connectivity index (χ0) is 99.7. The summed E-state index contributed by atoms with van der Waals surface area (Å²) in [5.74, 6) is 1.56. The summed E-state index contributed by atoms with van der Waals surface area (Å²) in [6.45, 7) is 19.0. The largest absolute Gasteiger partial charge is 0.743 e. The van der Waals surface area contributed by atoms with Gasteiger partial charge in [0.15, 0.2) is 76.0 Å². The van der Waals surface area contributed by atoms with Crippen LogP contribution in [0.25, 0.3) is 0 Å². The van der Waals surface area contributed by atoms with Crippen LogP contribution in [0.1, 0.15) is 198 Å². The smallest absolute Gasteiger partial charge is 0.428 e. The van der Waals surface area contributed by atoms with E-state index < -0.39 is 127 Å². The van der Waals surface area contributed by atoms with Gasteiger partial charge in [0.05, 0.1) is 52.3 Å². The zero-order valence-electron chi connectivity index (χ0n) is 80.7. The molecule has 25 nitrogen and oxygen atoms in total. The van der Waals surface area contributed by atoms with Crippen LogP contribution in [0.4, 0.5) is 17.6 Å². The van der Waals surface area contributed by atoms with Crippen molar-refractivity contribution in [3.05, 3.63) is 168 Å². The third-order valence-corrected chi connectivity index (χ3v) is 37.4. The zero-order valence-corrected chi connectivity index (χ0v) is 84.0. The van der Waals surface area contributed by atoms with Gasteiger partial charge in [-0.05, 0) is 357 Å². The number of hydrogen-bond acceptors (Lipinski definition) is 24. The van der Waals surface area contributed by atoms with Crippen LogP contribution >= 0.6 is 0 Å². The van der Waals surface area contributed by atoms with Gasteiger partial charge in [0.1, 0.15) is 49.1 Å². The molecule has 16 aliphatic carbocycles. The standard InChI is InChI=1S/2C35H39O5S.2C15H20F2O7S.C6H15N/c2*1-23-14-31(41(29-10-6-4-7-11-29)30-12-8-5-9-13-30)15-24(2)34(23)39-21-32(36)38-22-33(37)40-35(3)27-17-25-16-26(19-27)20-28(35)18-25;2*16-15(17,25(20,21)22)13(19)24-2-1-23-12(18)14-6-9-3-10(7-14)5-11(4-9)8-14;1-4-7(5-2)6-3/h2*4-15,25-28H,16-22H2,1-3H3;2*9-11H,1-8H2,(H,20,21,22);4-6H2,1-3H3/q2*+1;;;/p-1. The first-order valence-corrected chi connectivity index (χ1v) is 54.4. The molecular weight excluding hydrogens is 1880 g/mol. The number of alkyl halides is 4. The fourth-order valence-corrected chi connectivity index (χ4v) is 31.0. The van der Waals surface area contributed by atoms with Crippen molar-refractivity contribution in [1.82, 2.24) is 0 Å². The van der Waals surface area contributed by atoms with Crippen LogP contribution < -0.4 is 14.4 Å². The van der Waals surface area contributed by atoms with E-state index in [2.05, 4.69) is 165 Å². The molecule has 0 atom stereocenters. The maximum Gasteiger partial charge on any atom is 0.428 e. The lowest BCUT2D eigenvalue weighted by Gasteiger charge is -2.59. The molecule has 0 saturated heterocycles. The maximum atomic E-state index is 12.9. The summed E-state index contributed by atoms with van der Waals surface area (Å²) in [5.41, 5.74) is 1.89. The Hall–Kier alpha value is -9.12. The first-order valence-electron chi connectivity index (χ1n) is 49.1. The van der Waals surface area contributed by atoms with Crippen LogP contribution in [0.2, 0.25) is 0 Å². The second kappa shape index (κ2) is 44.8. The predicted octanol–water partition coefficient (Wildman–Crippen LogP) is 16.9. The number of esters is 8. The number of carbonyl (C=O) groups is 8. The predicted molar refractivity (Wildman–Crippen MR) is 505 cm³/mol. The summed E-state index contributed by atoms with van der Waals surface area (Å²) in [7, 11) is -12.8. The first kappa shape index (κ1) is 106. The van der Waals surface area contributed by atoms with Crippen molar-refractivity contribution in [3.8, 4) is 11.5 Å². The van der Waals surface area contributed by atoms with Crippen molar-refractivity contribution < 1.29 is 134 Å². The quantitative estimate of drug-likeness (QED) is 0.00998. The Labute approximate surface area is 819 Å². The number of hydrogen-bond donors (Lipinski definition) is 1. The first-order chi connectivity index (χ1) is 66.0. The molecule has 6 aromatic carbocycles. The molecule has 0 aromatic heterocycles. The molecule has 1 N–H and O–H groups in total. The van der Waals surface area contributed by atoms with Crippen molar-refractivity contribution in [2.24, 2.45) is 93.7 Å². The van der Waals surface area contributed by atoms with E-state index in [0.29, 0.717) is 70.7 Å². The van der Waals surface area contributed by atoms with E-state index in [9.17, 15) is 81.9 Å². The molecule has 139 heavy (non-hydrogen) atoms. The number of carbonyl (C=O) groups excluding carboxylic acids is 8. The van der Waals surface area contributed by atoms with Gasteiger partial charge in [0.2, 0.25) is 0 Å². The van der Waals surface area contributed by atoms with E-state index in [-0.39, 0.29) is 48.2 Å². The van der Waals surface area contributed by atoms with Gasteiger partial charge < -0.3 is 61.4 Å². The number of ether oxygens (including phenoxy) is 10. The Morgan fingerprint density at radius 3 is 0.813 bits per heavy atom. The number of quaternary nitrogens is 1. The molecule has 16 fully saturated rings. The Balaban J connectivity index is 0.000000148. The van der Waals surface area contributed by atoms with Crippen LogP contribution in [0.5, 0.6) is 11.5 Å². The SMILES string of the molecule is CC[NH+](CC)CC.Cc1cc([S+](c2ccccc2)c2ccccc2)cc(C)c1OCC(=O)OCC(=O)OC1(C)C2CC3CC(C2)CC1C3.Cc1cc([S+](c2ccccc2)c2ccccc2)cc(C)c1OCC(=O)OCC(=O)OC1(C)C2CC3CC(C2)CC1C3.O=C(OCCOC(=O)C(F)(F)S(=O)(=O)[O-])C12CC3CC(CC(C3)C1)C2.O=C(OCCOC(=O)C(F)(F)S(=O)(=O)[O-])C12CC3CC(CC(C3)C1)C2. The van der Waals surface area contributed by atoms with Gasteiger partial charge in [-0.2, -0.15) is 17.6 Å². The molecule has 33 heteroatoms. The van der Waals surface area contributed by atoms with E-state index in [1.54, 1.807) is 4.90 Å². The molecule has 0 unspecified atom stereocenters. The Morgan fingerprint density at radius 2 is 0.583 bits per heavy atom. The normalized spacial score (nSPS) is 28.2. The molecule has 16 bridgehead atoms. The van der Waals surface area contributed by atoms with Gasteiger partial charge in [-0.1, -0.05) is 72.8 Å². The average Bonchev–Trinajstić information content (AvgIpc) is 0.732. The molecule has 0 radical (unpaired) electrons. The fraction of sp³-hybridized carbons (Fsp3) is 0.585. The number of halogens is 4. The highest BCUT2D eigenvalue weighted by atomic mass is 32.2. The Bertz CT molecular complexity index is 4980. The molecular formula is C106H132F4NO24S4+. The van der Waals surface area contributed by atoms with Crippen molar-refractivity contribution in [2.75, 3.05) is 72.5 Å². The van der Waals surface area contributed by atoms with Crippen LogP contribution in [-0.2, 0) is 118 Å². The number of aryl methyl sites for hydroxylation is 4. The Morgan fingerprint density at radius 1 is 0.345 bits per heavy atom. The topological polar surface area (TPSA) is 348 Å². The summed E-state index contributed by atoms with van der Waals surface area (Å²) in [5, 5.41) is -10.3. The lowest BCUT2D eigenvalue weighted by Crippen LogP contribution is -3.11. The lowest BCUT2D eigenvalue weighted by atomic mass is 9.49. The van der Waals surface area contributed by atoms with Crippen LogP contribution in [0.15, 0.2) is 175 Å². The average molecular weight is 2010 g/mol. The molecule has 0 aliphatic heterocycles. The second-order valence-electron chi connectivity index (χ2n) is 41.2. The van der Waals surface area contributed by atoms with E-state index in [1.165, 1.54) is 61.8 Å². The molecule has 6 aromatic rings. The summed E-state index contributed by atoms with van der Waals surface area (Å²) in [4.78, 5) is 106. The summed E-state index contributed by atoms with van der Waals surface area (Å²) < 4.78 is 166. The van der Waals surface area contributed by atoms with E-state index in [0.717, 1.165) is 174 Å². The minimum absolute atomic E-state index is 0.261. The van der Waals surface area contributed by atoms with Crippen LogP contribution in [0.3, 0.4) is 0 Å². The third kappa shape index (κ3) is 24.9. The maximum absolute atomic E-state index is 12.9. The van der Waals surface area contributed by atoms with Crippen molar-refractivity contribution in [1.29, 1.82) is 0 Å². The van der Waals surface area contributed by atoms with Gasteiger partial charge in [-0.3, -0.25) is 9.59 Å². The molecule has 16 aliphatic rings. The van der Waals surface area contributed by atoms with Crippen molar-refractivity contribution in [3.63, 3.8) is 0 Å². The third-order valence-electron chi connectivity index (χ3n) is 31.5. The number of nitrogens with one attached hydrogen (secondary N) is 1. The minimum Gasteiger partial charge on any atom is -0.743 e. The monoisotopic (exact) mass is 2010 g/mol. The van der Waals surface area contributed by atoms with Crippen LogP contribution in [0, 0.1) is 121 Å². The van der Waals surface area contributed by atoms with Crippen LogP contribution in [-0.4, -0.2) is 168 Å². The molecule has 0 amide bonds. The van der Waals surface area contributed by atoms with E-state index in [1.807, 2.05) is 52.0 Å². The molecule has 0 heterocycles. The molecule has 16 saturated carbocycles. The summed E-state index contributed by atoms with van der Waals surface area (Å²) in [6, 6.07) is 50.5. The highest BCUT2D eigenvalue weighted by Crippen LogP contribution is 2.64. The summed E-state index contributed by atoms with van der Waals surface area (Å²) in [6.07, 6.45) is 23.4. The highest BCUT2D eigenvalue weighted by molar-refractivity contribution is 7.97. The van der Waals surface area contributed by atoms with Crippen molar-refractivity contribution >= 4 is 89.8 Å². The number of rotatable bonds is 33. The number of benzene rings is 6. The highest BCUT2D eigenvalue weighted by Gasteiger charge is 2.61. The minimum atomic E-state index is -6.15. The second-order valence-corrected chi connectivity index (χ2v) is 48.0.